The maximum absolute atomic E-state index is 12.9. The van der Waals surface area contributed by atoms with Crippen LogP contribution in [0, 0.1) is 19.3 Å². The highest BCUT2D eigenvalue weighted by Gasteiger charge is 2.39. The number of hydrogen-bond acceptors (Lipinski definition) is 3. The standard InChI is InChI=1S/C24H31NO3/c1-18-14-19(2)16-22(15-18)21-6-4-20(5-7-21)17-24(8-11-28-12-9-24)23(26)25-10-13-27-3/h4-7,14-16H,8-13,17H2,1-3H3,(H,25,26). The molecule has 150 valence electrons. The predicted octanol–water partition coefficient (Wildman–Crippen LogP) is 4.07. The van der Waals surface area contributed by atoms with Gasteiger partial charge in [0.1, 0.15) is 0 Å². The lowest BCUT2D eigenvalue weighted by Crippen LogP contribution is -2.46. The van der Waals surface area contributed by atoms with Crippen molar-refractivity contribution >= 4 is 5.91 Å². The molecule has 1 aliphatic heterocycles. The van der Waals surface area contributed by atoms with E-state index >= 15 is 0 Å². The van der Waals surface area contributed by atoms with Gasteiger partial charge in [-0.3, -0.25) is 4.79 Å². The van der Waals surface area contributed by atoms with E-state index in [1.807, 2.05) is 0 Å². The molecule has 0 aliphatic carbocycles. The largest absolute Gasteiger partial charge is 0.383 e. The smallest absolute Gasteiger partial charge is 0.226 e. The first-order valence-corrected chi connectivity index (χ1v) is 10.0. The topological polar surface area (TPSA) is 47.6 Å². The third kappa shape index (κ3) is 5.00. The van der Waals surface area contributed by atoms with E-state index in [1.165, 1.54) is 27.8 Å². The highest BCUT2D eigenvalue weighted by atomic mass is 16.5. The monoisotopic (exact) mass is 381 g/mol. The Morgan fingerprint density at radius 1 is 1.04 bits per heavy atom. The first-order valence-electron chi connectivity index (χ1n) is 10.0. The van der Waals surface area contributed by atoms with Crippen LogP contribution < -0.4 is 5.32 Å². The maximum Gasteiger partial charge on any atom is 0.226 e. The van der Waals surface area contributed by atoms with Crippen molar-refractivity contribution in [1.82, 2.24) is 5.32 Å². The Labute approximate surface area is 168 Å². The summed E-state index contributed by atoms with van der Waals surface area (Å²) in [6.45, 7) is 6.60. The Hall–Kier alpha value is -2.17. The van der Waals surface area contributed by atoms with Gasteiger partial charge in [0.15, 0.2) is 0 Å². The van der Waals surface area contributed by atoms with E-state index in [-0.39, 0.29) is 5.91 Å². The number of methoxy groups -OCH3 is 1. The molecule has 0 aromatic heterocycles. The zero-order valence-corrected chi connectivity index (χ0v) is 17.2. The molecule has 4 nitrogen and oxygen atoms in total. The molecule has 1 heterocycles. The lowest BCUT2D eigenvalue weighted by Gasteiger charge is -2.36. The van der Waals surface area contributed by atoms with Crippen molar-refractivity contribution in [3.05, 3.63) is 59.2 Å². The number of rotatable bonds is 7. The van der Waals surface area contributed by atoms with Crippen LogP contribution in [-0.2, 0) is 20.7 Å². The van der Waals surface area contributed by atoms with Gasteiger partial charge < -0.3 is 14.8 Å². The Morgan fingerprint density at radius 3 is 2.29 bits per heavy atom. The Balaban J connectivity index is 1.76. The lowest BCUT2D eigenvalue weighted by atomic mass is 9.74. The Bertz CT molecular complexity index is 772. The molecule has 0 atom stereocenters. The molecular weight excluding hydrogens is 350 g/mol. The van der Waals surface area contributed by atoms with Crippen LogP contribution in [0.5, 0.6) is 0 Å². The first-order chi connectivity index (χ1) is 13.5. The molecule has 0 bridgehead atoms. The molecule has 2 aromatic carbocycles. The molecule has 1 amide bonds. The molecule has 4 heteroatoms. The number of benzene rings is 2. The summed E-state index contributed by atoms with van der Waals surface area (Å²) >= 11 is 0. The number of hydrogen-bond donors (Lipinski definition) is 1. The van der Waals surface area contributed by atoms with Gasteiger partial charge in [-0.1, -0.05) is 53.6 Å². The summed E-state index contributed by atoms with van der Waals surface area (Å²) in [5, 5.41) is 3.04. The fourth-order valence-corrected chi connectivity index (χ4v) is 4.05. The van der Waals surface area contributed by atoms with Gasteiger partial charge in [-0.25, -0.2) is 0 Å². The Morgan fingerprint density at radius 2 is 1.68 bits per heavy atom. The lowest BCUT2D eigenvalue weighted by molar-refractivity contribution is -0.136. The molecule has 0 unspecified atom stereocenters. The molecule has 0 spiro atoms. The van der Waals surface area contributed by atoms with Crippen LogP contribution in [0.1, 0.15) is 29.5 Å². The van der Waals surface area contributed by atoms with E-state index in [9.17, 15) is 4.79 Å². The second-order valence-corrected chi connectivity index (χ2v) is 7.89. The van der Waals surface area contributed by atoms with Crippen LogP contribution in [0.15, 0.2) is 42.5 Å². The van der Waals surface area contributed by atoms with Crippen LogP contribution in [0.2, 0.25) is 0 Å². The van der Waals surface area contributed by atoms with Crippen molar-refractivity contribution in [3.63, 3.8) is 0 Å². The molecular formula is C24H31NO3. The second kappa shape index (κ2) is 9.35. The van der Waals surface area contributed by atoms with Gasteiger partial charge in [-0.2, -0.15) is 0 Å². The number of amides is 1. The third-order valence-electron chi connectivity index (χ3n) is 5.57. The van der Waals surface area contributed by atoms with E-state index in [0.717, 1.165) is 19.3 Å². The van der Waals surface area contributed by atoms with Gasteiger partial charge in [0, 0.05) is 26.9 Å². The fourth-order valence-electron chi connectivity index (χ4n) is 4.05. The van der Waals surface area contributed by atoms with Crippen LogP contribution >= 0.6 is 0 Å². The summed E-state index contributed by atoms with van der Waals surface area (Å²) in [6, 6.07) is 15.3. The number of carbonyl (C=O) groups excluding carboxylic acids is 1. The quantitative estimate of drug-likeness (QED) is 0.736. The average molecular weight is 382 g/mol. The first kappa shape index (κ1) is 20.6. The zero-order valence-electron chi connectivity index (χ0n) is 17.2. The van der Waals surface area contributed by atoms with E-state index in [4.69, 9.17) is 9.47 Å². The zero-order chi connectivity index (χ0) is 20.0. The molecule has 0 saturated carbocycles. The van der Waals surface area contributed by atoms with Crippen LogP contribution in [0.3, 0.4) is 0 Å². The van der Waals surface area contributed by atoms with E-state index < -0.39 is 5.41 Å². The number of carbonyl (C=O) groups is 1. The van der Waals surface area contributed by atoms with Gasteiger partial charge in [0.25, 0.3) is 0 Å². The minimum absolute atomic E-state index is 0.117. The van der Waals surface area contributed by atoms with Crippen molar-refractivity contribution in [3.8, 4) is 11.1 Å². The van der Waals surface area contributed by atoms with Crippen molar-refractivity contribution in [1.29, 1.82) is 0 Å². The normalized spacial score (nSPS) is 16.0. The van der Waals surface area contributed by atoms with Gasteiger partial charge in [-0.05, 0) is 49.8 Å². The summed E-state index contributed by atoms with van der Waals surface area (Å²) < 4.78 is 10.6. The maximum atomic E-state index is 12.9. The number of aryl methyl sites for hydroxylation is 2. The molecule has 3 rings (SSSR count). The molecule has 1 aliphatic rings. The third-order valence-corrected chi connectivity index (χ3v) is 5.57. The molecule has 0 radical (unpaired) electrons. The van der Waals surface area contributed by atoms with E-state index in [1.54, 1.807) is 7.11 Å². The van der Waals surface area contributed by atoms with E-state index in [2.05, 4.69) is 61.6 Å². The van der Waals surface area contributed by atoms with Crippen molar-refractivity contribution in [2.24, 2.45) is 5.41 Å². The SMILES string of the molecule is COCCNC(=O)C1(Cc2ccc(-c3cc(C)cc(C)c3)cc2)CCOCC1. The second-order valence-electron chi connectivity index (χ2n) is 7.89. The molecule has 1 N–H and O–H groups in total. The van der Waals surface area contributed by atoms with Crippen molar-refractivity contribution in [2.75, 3.05) is 33.5 Å². The highest BCUT2D eigenvalue weighted by molar-refractivity contribution is 5.83. The Kier molecular flexibility index (Phi) is 6.87. The number of ether oxygens (including phenoxy) is 2. The summed E-state index contributed by atoms with van der Waals surface area (Å²) in [7, 11) is 1.65. The molecule has 1 saturated heterocycles. The van der Waals surface area contributed by atoms with Crippen LogP contribution in [0.25, 0.3) is 11.1 Å². The van der Waals surface area contributed by atoms with Gasteiger partial charge in [0.05, 0.1) is 12.0 Å². The minimum atomic E-state index is -0.395. The van der Waals surface area contributed by atoms with Crippen molar-refractivity contribution in [2.45, 2.75) is 33.1 Å². The van der Waals surface area contributed by atoms with Crippen LogP contribution in [0.4, 0.5) is 0 Å². The summed E-state index contributed by atoms with van der Waals surface area (Å²) in [5.74, 6) is 0.117. The van der Waals surface area contributed by atoms with Crippen LogP contribution in [-0.4, -0.2) is 39.4 Å². The molecule has 28 heavy (non-hydrogen) atoms. The summed E-state index contributed by atoms with van der Waals surface area (Å²) in [5.41, 5.74) is 5.79. The summed E-state index contributed by atoms with van der Waals surface area (Å²) in [6.07, 6.45) is 2.25. The number of nitrogens with one attached hydrogen (secondary N) is 1. The van der Waals surface area contributed by atoms with E-state index in [0.29, 0.717) is 26.4 Å². The minimum Gasteiger partial charge on any atom is -0.383 e. The van der Waals surface area contributed by atoms with Gasteiger partial charge in [0.2, 0.25) is 5.91 Å². The molecule has 1 fully saturated rings. The van der Waals surface area contributed by atoms with Crippen molar-refractivity contribution < 1.29 is 14.3 Å². The predicted molar refractivity (Wildman–Crippen MR) is 112 cm³/mol. The fraction of sp³-hybridized carbons (Fsp3) is 0.458. The van der Waals surface area contributed by atoms with Gasteiger partial charge in [-0.15, -0.1) is 0 Å². The summed E-state index contributed by atoms with van der Waals surface area (Å²) in [4.78, 5) is 12.9. The average Bonchev–Trinajstić information content (AvgIpc) is 2.68. The highest BCUT2D eigenvalue weighted by Crippen LogP contribution is 2.35. The van der Waals surface area contributed by atoms with Gasteiger partial charge >= 0.3 is 0 Å². The molecule has 2 aromatic rings.